The van der Waals surface area contributed by atoms with Crippen molar-refractivity contribution < 1.29 is 14.0 Å². The molecule has 4 nitrogen and oxygen atoms in total. The summed E-state index contributed by atoms with van der Waals surface area (Å²) < 4.78 is 13.1. The van der Waals surface area contributed by atoms with Gasteiger partial charge in [-0.2, -0.15) is 0 Å². The SMILES string of the molecule is CCN(CC)C(=O)C(C)(C)C(=O)Nc1cccc(F)c1. The lowest BCUT2D eigenvalue weighted by Crippen LogP contribution is -2.47. The molecule has 5 heteroatoms. The predicted octanol–water partition coefficient (Wildman–Crippen LogP) is 2.66. The van der Waals surface area contributed by atoms with Gasteiger partial charge < -0.3 is 10.2 Å². The maximum atomic E-state index is 13.1. The third-order valence-electron chi connectivity index (χ3n) is 3.24. The lowest BCUT2D eigenvalue weighted by molar-refractivity contribution is -0.146. The van der Waals surface area contributed by atoms with E-state index in [9.17, 15) is 14.0 Å². The standard InChI is InChI=1S/C15H21FN2O2/c1-5-18(6-2)14(20)15(3,4)13(19)17-12-9-7-8-11(16)10-12/h7-10H,5-6H2,1-4H3,(H,17,19). The van der Waals surface area contributed by atoms with Crippen molar-refractivity contribution in [2.75, 3.05) is 18.4 Å². The number of nitrogens with zero attached hydrogens (tertiary/aromatic N) is 1. The van der Waals surface area contributed by atoms with Crippen LogP contribution in [-0.4, -0.2) is 29.8 Å². The molecule has 0 spiro atoms. The number of anilines is 1. The first-order valence-corrected chi connectivity index (χ1v) is 6.69. The molecule has 110 valence electrons. The summed E-state index contributed by atoms with van der Waals surface area (Å²) >= 11 is 0. The highest BCUT2D eigenvalue weighted by Gasteiger charge is 2.38. The number of hydrogen-bond donors (Lipinski definition) is 1. The molecule has 0 aliphatic carbocycles. The molecule has 20 heavy (non-hydrogen) atoms. The normalized spacial score (nSPS) is 11.1. The summed E-state index contributed by atoms with van der Waals surface area (Å²) in [6.07, 6.45) is 0. The number of hydrogen-bond acceptors (Lipinski definition) is 2. The summed E-state index contributed by atoms with van der Waals surface area (Å²) in [6, 6.07) is 5.60. The minimum absolute atomic E-state index is 0.239. The molecule has 0 radical (unpaired) electrons. The molecule has 0 aliphatic rings. The maximum Gasteiger partial charge on any atom is 0.239 e. The van der Waals surface area contributed by atoms with Crippen molar-refractivity contribution in [3.63, 3.8) is 0 Å². The Morgan fingerprint density at radius 1 is 1.25 bits per heavy atom. The van der Waals surface area contributed by atoms with Crippen LogP contribution in [0, 0.1) is 11.2 Å². The molecule has 0 unspecified atom stereocenters. The van der Waals surface area contributed by atoms with Gasteiger partial charge in [0.05, 0.1) is 0 Å². The molecule has 0 fully saturated rings. The van der Waals surface area contributed by atoms with Crippen LogP contribution in [0.15, 0.2) is 24.3 Å². The van der Waals surface area contributed by atoms with E-state index in [0.29, 0.717) is 18.8 Å². The molecular formula is C15H21FN2O2. The van der Waals surface area contributed by atoms with Crippen LogP contribution >= 0.6 is 0 Å². The topological polar surface area (TPSA) is 49.4 Å². The minimum atomic E-state index is -1.20. The Kier molecular flexibility index (Phi) is 5.25. The van der Waals surface area contributed by atoms with Gasteiger partial charge in [-0.1, -0.05) is 6.07 Å². The third kappa shape index (κ3) is 3.56. The van der Waals surface area contributed by atoms with Crippen LogP contribution in [0.1, 0.15) is 27.7 Å². The van der Waals surface area contributed by atoms with Crippen LogP contribution in [0.25, 0.3) is 0 Å². The Hall–Kier alpha value is -1.91. The minimum Gasteiger partial charge on any atom is -0.342 e. The van der Waals surface area contributed by atoms with Crippen molar-refractivity contribution in [3.8, 4) is 0 Å². The molecule has 1 rings (SSSR count). The van der Waals surface area contributed by atoms with Gasteiger partial charge in [-0.05, 0) is 45.9 Å². The molecule has 0 aromatic heterocycles. The Balaban J connectivity index is 2.86. The van der Waals surface area contributed by atoms with Gasteiger partial charge in [0.15, 0.2) is 0 Å². The second-order valence-electron chi connectivity index (χ2n) is 5.07. The fourth-order valence-corrected chi connectivity index (χ4v) is 1.86. The van der Waals surface area contributed by atoms with Crippen molar-refractivity contribution in [2.24, 2.45) is 5.41 Å². The summed E-state index contributed by atoms with van der Waals surface area (Å²) in [6.45, 7) is 7.96. The smallest absolute Gasteiger partial charge is 0.239 e. The van der Waals surface area contributed by atoms with E-state index in [2.05, 4.69) is 5.32 Å². The Bertz CT molecular complexity index is 496. The van der Waals surface area contributed by atoms with Crippen molar-refractivity contribution in [1.82, 2.24) is 4.90 Å². The number of halogens is 1. The molecule has 1 N–H and O–H groups in total. The Morgan fingerprint density at radius 2 is 1.85 bits per heavy atom. The van der Waals surface area contributed by atoms with Crippen molar-refractivity contribution >= 4 is 17.5 Å². The second-order valence-corrected chi connectivity index (χ2v) is 5.07. The van der Waals surface area contributed by atoms with Crippen LogP contribution in [0.3, 0.4) is 0 Å². The van der Waals surface area contributed by atoms with E-state index >= 15 is 0 Å². The van der Waals surface area contributed by atoms with Crippen LogP contribution in [0.5, 0.6) is 0 Å². The first kappa shape index (κ1) is 16.1. The van der Waals surface area contributed by atoms with Gasteiger partial charge in [0.25, 0.3) is 0 Å². The molecule has 0 aliphatic heterocycles. The van der Waals surface area contributed by atoms with Crippen LogP contribution in [0.2, 0.25) is 0 Å². The monoisotopic (exact) mass is 280 g/mol. The van der Waals surface area contributed by atoms with E-state index in [1.54, 1.807) is 24.8 Å². The van der Waals surface area contributed by atoms with Crippen LogP contribution in [0.4, 0.5) is 10.1 Å². The number of carbonyl (C=O) groups excluding carboxylic acids is 2. The fourth-order valence-electron chi connectivity index (χ4n) is 1.86. The van der Waals surface area contributed by atoms with E-state index in [1.165, 1.54) is 18.2 Å². The van der Waals surface area contributed by atoms with E-state index in [0.717, 1.165) is 0 Å². The quantitative estimate of drug-likeness (QED) is 0.843. The number of amides is 2. The maximum absolute atomic E-state index is 13.1. The summed E-state index contributed by atoms with van der Waals surface area (Å²) in [5.74, 6) is -1.12. The molecule has 0 atom stereocenters. The van der Waals surface area contributed by atoms with Crippen molar-refractivity contribution in [1.29, 1.82) is 0 Å². The molecule has 1 aromatic rings. The molecule has 0 bridgehead atoms. The number of carbonyl (C=O) groups is 2. The highest BCUT2D eigenvalue weighted by Crippen LogP contribution is 2.22. The number of rotatable bonds is 5. The summed E-state index contributed by atoms with van der Waals surface area (Å²) in [7, 11) is 0. The molecule has 2 amide bonds. The van der Waals surface area contributed by atoms with Crippen LogP contribution in [-0.2, 0) is 9.59 Å². The number of benzene rings is 1. The van der Waals surface area contributed by atoms with Gasteiger partial charge in [-0.25, -0.2) is 4.39 Å². The highest BCUT2D eigenvalue weighted by atomic mass is 19.1. The average molecular weight is 280 g/mol. The largest absolute Gasteiger partial charge is 0.342 e. The lowest BCUT2D eigenvalue weighted by Gasteiger charge is -2.29. The average Bonchev–Trinajstić information content (AvgIpc) is 2.39. The first-order chi connectivity index (χ1) is 9.32. The molecular weight excluding hydrogens is 259 g/mol. The van der Waals surface area contributed by atoms with E-state index in [-0.39, 0.29) is 5.91 Å². The van der Waals surface area contributed by atoms with Gasteiger partial charge >= 0.3 is 0 Å². The second kappa shape index (κ2) is 6.50. The fraction of sp³-hybridized carbons (Fsp3) is 0.467. The summed E-state index contributed by atoms with van der Waals surface area (Å²) in [5, 5.41) is 2.58. The Morgan fingerprint density at radius 3 is 2.35 bits per heavy atom. The molecule has 1 aromatic carbocycles. The molecule has 0 saturated carbocycles. The number of nitrogens with one attached hydrogen (secondary N) is 1. The first-order valence-electron chi connectivity index (χ1n) is 6.69. The van der Waals surface area contributed by atoms with Gasteiger partial charge in [0, 0.05) is 18.8 Å². The third-order valence-corrected chi connectivity index (χ3v) is 3.24. The predicted molar refractivity (Wildman–Crippen MR) is 76.7 cm³/mol. The zero-order valence-corrected chi connectivity index (χ0v) is 12.4. The Labute approximate surface area is 119 Å². The van der Waals surface area contributed by atoms with Gasteiger partial charge in [-0.15, -0.1) is 0 Å². The highest BCUT2D eigenvalue weighted by molar-refractivity contribution is 6.09. The zero-order chi connectivity index (χ0) is 15.3. The van der Waals surface area contributed by atoms with Crippen molar-refractivity contribution in [3.05, 3.63) is 30.1 Å². The van der Waals surface area contributed by atoms with Crippen LogP contribution < -0.4 is 5.32 Å². The summed E-state index contributed by atoms with van der Waals surface area (Å²) in [5.41, 5.74) is -0.853. The van der Waals surface area contributed by atoms with Gasteiger partial charge in [-0.3, -0.25) is 9.59 Å². The van der Waals surface area contributed by atoms with E-state index < -0.39 is 17.1 Å². The molecule has 0 saturated heterocycles. The van der Waals surface area contributed by atoms with Gasteiger partial charge in [0.1, 0.15) is 11.2 Å². The summed E-state index contributed by atoms with van der Waals surface area (Å²) in [4.78, 5) is 26.2. The zero-order valence-electron chi connectivity index (χ0n) is 12.4. The van der Waals surface area contributed by atoms with E-state index in [1.807, 2.05) is 13.8 Å². The lowest BCUT2D eigenvalue weighted by atomic mass is 9.90. The van der Waals surface area contributed by atoms with Gasteiger partial charge in [0.2, 0.25) is 11.8 Å². The van der Waals surface area contributed by atoms with E-state index in [4.69, 9.17) is 0 Å². The van der Waals surface area contributed by atoms with Crippen molar-refractivity contribution in [2.45, 2.75) is 27.7 Å². The molecule has 0 heterocycles.